The van der Waals surface area contributed by atoms with E-state index in [9.17, 15) is 9.59 Å². The summed E-state index contributed by atoms with van der Waals surface area (Å²) in [7, 11) is 0. The molecule has 1 aliphatic rings. The van der Waals surface area contributed by atoms with Crippen LogP contribution in [0.4, 0.5) is 0 Å². The fourth-order valence-electron chi connectivity index (χ4n) is 3.61. The normalized spacial score (nSPS) is 15.1. The Labute approximate surface area is 159 Å². The van der Waals surface area contributed by atoms with Crippen LogP contribution in [-0.2, 0) is 6.54 Å². The first-order valence-electron chi connectivity index (χ1n) is 8.94. The smallest absolute Gasteiger partial charge is 0.303 e. The Hall–Kier alpha value is -1.86. The molecule has 0 unspecified atom stereocenters. The molecule has 0 spiro atoms. The van der Waals surface area contributed by atoms with Crippen molar-refractivity contribution >= 4 is 34.0 Å². The Morgan fingerprint density at radius 1 is 1.23 bits per heavy atom. The van der Waals surface area contributed by atoms with E-state index in [4.69, 9.17) is 4.98 Å². The van der Waals surface area contributed by atoms with Crippen molar-refractivity contribution in [1.29, 1.82) is 0 Å². The predicted octanol–water partition coefficient (Wildman–Crippen LogP) is 3.84. The van der Waals surface area contributed by atoms with Gasteiger partial charge in [0.05, 0.1) is 10.9 Å². The summed E-state index contributed by atoms with van der Waals surface area (Å²) in [6, 6.07) is 7.81. The van der Waals surface area contributed by atoms with E-state index in [0.717, 1.165) is 47.8 Å². The van der Waals surface area contributed by atoms with Crippen molar-refractivity contribution in [2.75, 3.05) is 5.75 Å². The maximum absolute atomic E-state index is 13.1. The fourth-order valence-corrected chi connectivity index (χ4v) is 5.37. The van der Waals surface area contributed by atoms with Crippen LogP contribution in [0.5, 0.6) is 0 Å². The molecule has 1 saturated carbocycles. The number of thioether (sulfide) groups is 1. The molecule has 0 atom stereocenters. The summed E-state index contributed by atoms with van der Waals surface area (Å²) in [6.07, 6.45) is 4.40. The molecule has 0 bridgehead atoms. The second kappa shape index (κ2) is 7.40. The Morgan fingerprint density at radius 2 is 2.00 bits per heavy atom. The van der Waals surface area contributed by atoms with E-state index >= 15 is 0 Å². The van der Waals surface area contributed by atoms with Gasteiger partial charge in [-0.2, -0.15) is 0 Å². The van der Waals surface area contributed by atoms with E-state index in [1.54, 1.807) is 16.3 Å². The van der Waals surface area contributed by atoms with Crippen molar-refractivity contribution in [3.8, 4) is 0 Å². The molecular formula is C19H21N3O2S2. The number of fused-ring (bicyclic) bond motifs is 1. The minimum absolute atomic E-state index is 0.0638. The van der Waals surface area contributed by atoms with Crippen molar-refractivity contribution in [3.63, 3.8) is 0 Å². The molecule has 0 N–H and O–H groups in total. The van der Waals surface area contributed by atoms with Crippen LogP contribution in [0.1, 0.15) is 37.4 Å². The van der Waals surface area contributed by atoms with Crippen LogP contribution in [0.15, 0.2) is 44.4 Å². The van der Waals surface area contributed by atoms with Crippen LogP contribution in [0, 0.1) is 6.92 Å². The lowest BCUT2D eigenvalue weighted by molar-refractivity contribution is 0.457. The zero-order chi connectivity index (χ0) is 18.1. The molecule has 0 aliphatic heterocycles. The van der Waals surface area contributed by atoms with E-state index in [1.165, 1.54) is 11.3 Å². The highest BCUT2D eigenvalue weighted by molar-refractivity contribution is 7.99. The topological polar surface area (TPSA) is 56.9 Å². The third-order valence-electron chi connectivity index (χ3n) is 4.99. The number of para-hydroxylation sites is 1. The number of hydrogen-bond acceptors (Lipinski definition) is 5. The van der Waals surface area contributed by atoms with Gasteiger partial charge >= 0.3 is 4.87 Å². The molecule has 7 heteroatoms. The van der Waals surface area contributed by atoms with Gasteiger partial charge in [0.1, 0.15) is 0 Å². The van der Waals surface area contributed by atoms with Crippen LogP contribution in [0.2, 0.25) is 0 Å². The molecule has 1 fully saturated rings. The standard InChI is InChI=1S/C19H21N3O2S2/c1-13-12-26-19(24)21(13)10-11-25-18-20-16-9-5-4-8-15(16)17(23)22(18)14-6-2-3-7-14/h4-5,8-9,12,14H,2-3,6-7,10-11H2,1H3. The Balaban J connectivity index is 1.67. The molecule has 0 amide bonds. The average Bonchev–Trinajstić information content (AvgIpc) is 3.27. The van der Waals surface area contributed by atoms with Crippen LogP contribution >= 0.6 is 23.1 Å². The minimum Gasteiger partial charge on any atom is -0.303 e. The van der Waals surface area contributed by atoms with Crippen LogP contribution < -0.4 is 10.4 Å². The molecule has 0 radical (unpaired) electrons. The maximum Gasteiger partial charge on any atom is 0.307 e. The predicted molar refractivity (Wildman–Crippen MR) is 108 cm³/mol. The van der Waals surface area contributed by atoms with E-state index in [1.807, 2.05) is 41.1 Å². The Bertz CT molecular complexity index is 1040. The van der Waals surface area contributed by atoms with Gasteiger partial charge in [-0.15, -0.1) is 0 Å². The van der Waals surface area contributed by atoms with Gasteiger partial charge in [-0.1, -0.05) is 48.1 Å². The van der Waals surface area contributed by atoms with Gasteiger partial charge < -0.3 is 4.57 Å². The van der Waals surface area contributed by atoms with Gasteiger partial charge in [-0.05, 0) is 31.9 Å². The number of aryl methyl sites for hydroxylation is 1. The Kier molecular flexibility index (Phi) is 5.00. The second-order valence-electron chi connectivity index (χ2n) is 6.67. The number of nitrogens with zero attached hydrogens (tertiary/aromatic N) is 3. The number of benzene rings is 1. The molecule has 2 aromatic heterocycles. The molecule has 26 heavy (non-hydrogen) atoms. The molecule has 1 aromatic carbocycles. The van der Waals surface area contributed by atoms with Crippen LogP contribution in [-0.4, -0.2) is 19.9 Å². The quantitative estimate of drug-likeness (QED) is 0.493. The lowest BCUT2D eigenvalue weighted by Gasteiger charge is -2.18. The monoisotopic (exact) mass is 387 g/mol. The van der Waals surface area contributed by atoms with E-state index in [2.05, 4.69) is 0 Å². The summed E-state index contributed by atoms with van der Waals surface area (Å²) in [4.78, 5) is 29.8. The SMILES string of the molecule is Cc1csc(=O)n1CCSc1nc2ccccc2c(=O)n1C1CCCC1. The lowest BCUT2D eigenvalue weighted by atomic mass is 10.2. The van der Waals surface area contributed by atoms with E-state index in [-0.39, 0.29) is 16.5 Å². The van der Waals surface area contributed by atoms with Crippen molar-refractivity contribution in [3.05, 3.63) is 55.4 Å². The molecule has 4 rings (SSSR count). The second-order valence-corrected chi connectivity index (χ2v) is 8.55. The number of aromatic nitrogens is 3. The van der Waals surface area contributed by atoms with Gasteiger partial charge in [0.2, 0.25) is 0 Å². The largest absolute Gasteiger partial charge is 0.307 e. The molecule has 5 nitrogen and oxygen atoms in total. The van der Waals surface area contributed by atoms with Crippen LogP contribution in [0.3, 0.4) is 0 Å². The summed E-state index contributed by atoms with van der Waals surface area (Å²) in [6.45, 7) is 2.58. The Morgan fingerprint density at radius 3 is 2.73 bits per heavy atom. The number of rotatable bonds is 5. The maximum atomic E-state index is 13.1. The van der Waals surface area contributed by atoms with Crippen molar-refractivity contribution in [1.82, 2.24) is 14.1 Å². The highest BCUT2D eigenvalue weighted by Crippen LogP contribution is 2.32. The molecular weight excluding hydrogens is 366 g/mol. The highest BCUT2D eigenvalue weighted by atomic mass is 32.2. The molecule has 136 valence electrons. The van der Waals surface area contributed by atoms with E-state index in [0.29, 0.717) is 11.9 Å². The van der Waals surface area contributed by atoms with Crippen molar-refractivity contribution in [2.45, 2.75) is 50.4 Å². The molecule has 2 heterocycles. The van der Waals surface area contributed by atoms with Gasteiger partial charge in [-0.25, -0.2) is 4.98 Å². The molecule has 3 aromatic rings. The first kappa shape index (κ1) is 17.5. The zero-order valence-corrected chi connectivity index (χ0v) is 16.3. The zero-order valence-electron chi connectivity index (χ0n) is 14.7. The van der Waals surface area contributed by atoms with Crippen LogP contribution in [0.25, 0.3) is 10.9 Å². The molecule has 1 aliphatic carbocycles. The lowest BCUT2D eigenvalue weighted by Crippen LogP contribution is -2.26. The number of thiazole rings is 1. The van der Waals surface area contributed by atoms with Gasteiger partial charge in [0.15, 0.2) is 5.16 Å². The fraction of sp³-hybridized carbons (Fsp3) is 0.421. The first-order chi connectivity index (χ1) is 12.6. The minimum atomic E-state index is 0.0638. The van der Waals surface area contributed by atoms with Gasteiger partial charge in [0.25, 0.3) is 5.56 Å². The van der Waals surface area contributed by atoms with Gasteiger partial charge in [0, 0.05) is 29.4 Å². The van der Waals surface area contributed by atoms with Crippen molar-refractivity contribution in [2.24, 2.45) is 0 Å². The summed E-state index contributed by atoms with van der Waals surface area (Å²) in [5.41, 5.74) is 1.80. The van der Waals surface area contributed by atoms with Gasteiger partial charge in [-0.3, -0.25) is 14.2 Å². The van der Waals surface area contributed by atoms with Crippen molar-refractivity contribution < 1.29 is 0 Å². The summed E-state index contributed by atoms with van der Waals surface area (Å²) in [5.74, 6) is 0.717. The molecule has 0 saturated heterocycles. The number of hydrogen-bond donors (Lipinski definition) is 0. The van der Waals surface area contributed by atoms with E-state index < -0.39 is 0 Å². The summed E-state index contributed by atoms with van der Waals surface area (Å²) >= 11 is 2.81. The summed E-state index contributed by atoms with van der Waals surface area (Å²) < 4.78 is 3.69. The third-order valence-corrected chi connectivity index (χ3v) is 6.80. The summed E-state index contributed by atoms with van der Waals surface area (Å²) in [5, 5.41) is 3.35. The highest BCUT2D eigenvalue weighted by Gasteiger charge is 2.23. The average molecular weight is 388 g/mol. The first-order valence-corrected chi connectivity index (χ1v) is 10.8. The third kappa shape index (κ3) is 3.25.